The van der Waals surface area contributed by atoms with Crippen molar-refractivity contribution in [3.8, 4) is 0 Å². The molecule has 0 spiro atoms. The summed E-state index contributed by atoms with van der Waals surface area (Å²) in [7, 11) is 3.53. The van der Waals surface area contributed by atoms with Crippen LogP contribution in [0.15, 0.2) is 12.5 Å². The fourth-order valence-electron chi connectivity index (χ4n) is 1.89. The molecule has 1 atom stereocenters. The van der Waals surface area contributed by atoms with E-state index in [0.29, 0.717) is 18.9 Å². The van der Waals surface area contributed by atoms with E-state index in [1.54, 1.807) is 31.5 Å². The molecule has 0 aliphatic heterocycles. The minimum Gasteiger partial charge on any atom is -0.349 e. The van der Waals surface area contributed by atoms with Crippen LogP contribution in [0.4, 0.5) is 0 Å². The third-order valence-corrected chi connectivity index (χ3v) is 2.92. The van der Waals surface area contributed by atoms with Gasteiger partial charge in [0, 0.05) is 39.3 Å². The normalized spacial score (nSPS) is 12.8. The summed E-state index contributed by atoms with van der Waals surface area (Å²) in [4.78, 5) is 17.3. The van der Waals surface area contributed by atoms with Crippen LogP contribution in [0.2, 0.25) is 0 Å². The molecule has 1 unspecified atom stereocenters. The molecule has 1 rings (SSSR count). The van der Waals surface area contributed by atoms with Gasteiger partial charge in [0.15, 0.2) is 0 Å². The van der Waals surface area contributed by atoms with Crippen molar-refractivity contribution in [3.05, 3.63) is 18.2 Å². The highest BCUT2D eigenvalue weighted by molar-refractivity contribution is 5.75. The maximum atomic E-state index is 11.6. The molecule has 0 saturated heterocycles. The largest absolute Gasteiger partial charge is 0.349 e. The number of nitrogens with two attached hydrogens (primary N) is 1. The molecule has 1 aromatic rings. The van der Waals surface area contributed by atoms with Crippen molar-refractivity contribution in [3.63, 3.8) is 0 Å². The van der Waals surface area contributed by atoms with Crippen molar-refractivity contribution >= 4 is 5.91 Å². The average Bonchev–Trinajstić information content (AvgIpc) is 2.72. The number of aryl methyl sites for hydroxylation is 1. The van der Waals surface area contributed by atoms with Crippen LogP contribution in [0.1, 0.15) is 38.4 Å². The Kier molecular flexibility index (Phi) is 5.34. The minimum atomic E-state index is -0.0121. The van der Waals surface area contributed by atoms with Crippen molar-refractivity contribution < 1.29 is 4.79 Å². The standard InChI is InChI=1S/C13H24N4O/c1-10(2)7-11(14)12-8-15-9-17(12)6-5-13(18)16(3)4/h8-11H,5-7,14H2,1-4H3. The first-order chi connectivity index (χ1) is 8.41. The predicted octanol–water partition coefficient (Wildman–Crippen LogP) is 1.41. The van der Waals surface area contributed by atoms with Crippen molar-refractivity contribution in [1.82, 2.24) is 14.5 Å². The second kappa shape index (κ2) is 6.54. The Morgan fingerprint density at radius 2 is 2.17 bits per heavy atom. The Bertz CT molecular complexity index is 384. The van der Waals surface area contributed by atoms with Crippen LogP contribution >= 0.6 is 0 Å². The van der Waals surface area contributed by atoms with E-state index in [4.69, 9.17) is 5.73 Å². The van der Waals surface area contributed by atoms with E-state index in [1.165, 1.54) is 0 Å². The summed E-state index contributed by atoms with van der Waals surface area (Å²) in [6.45, 7) is 4.93. The van der Waals surface area contributed by atoms with Gasteiger partial charge in [-0.05, 0) is 12.3 Å². The topological polar surface area (TPSA) is 64.1 Å². The van der Waals surface area contributed by atoms with Crippen LogP contribution in [0.5, 0.6) is 0 Å². The van der Waals surface area contributed by atoms with E-state index in [0.717, 1.165) is 12.1 Å². The molecule has 0 saturated carbocycles. The second-order valence-corrected chi connectivity index (χ2v) is 5.29. The molecule has 0 aliphatic rings. The Morgan fingerprint density at radius 3 is 2.72 bits per heavy atom. The third-order valence-electron chi connectivity index (χ3n) is 2.92. The van der Waals surface area contributed by atoms with E-state index < -0.39 is 0 Å². The third kappa shape index (κ3) is 4.14. The molecule has 2 N–H and O–H groups in total. The predicted molar refractivity (Wildman–Crippen MR) is 71.9 cm³/mol. The molecular weight excluding hydrogens is 228 g/mol. The number of carbonyl (C=O) groups excluding carboxylic acids is 1. The monoisotopic (exact) mass is 252 g/mol. The van der Waals surface area contributed by atoms with Gasteiger partial charge in [0.25, 0.3) is 0 Å². The fraction of sp³-hybridized carbons (Fsp3) is 0.692. The lowest BCUT2D eigenvalue weighted by atomic mass is 10.0. The number of hydrogen-bond acceptors (Lipinski definition) is 3. The van der Waals surface area contributed by atoms with Gasteiger partial charge in [0.1, 0.15) is 0 Å². The Hall–Kier alpha value is -1.36. The zero-order valence-electron chi connectivity index (χ0n) is 11.8. The van der Waals surface area contributed by atoms with E-state index in [9.17, 15) is 4.79 Å². The number of nitrogens with zero attached hydrogens (tertiary/aromatic N) is 3. The van der Waals surface area contributed by atoms with E-state index in [1.807, 2.05) is 4.57 Å². The van der Waals surface area contributed by atoms with Crippen LogP contribution in [-0.4, -0.2) is 34.5 Å². The zero-order chi connectivity index (χ0) is 13.7. The van der Waals surface area contributed by atoms with Crippen molar-refractivity contribution in [2.45, 2.75) is 39.3 Å². The summed E-state index contributed by atoms with van der Waals surface area (Å²) in [5.41, 5.74) is 7.16. The van der Waals surface area contributed by atoms with Gasteiger partial charge in [0.2, 0.25) is 5.91 Å². The van der Waals surface area contributed by atoms with Crippen LogP contribution in [-0.2, 0) is 11.3 Å². The molecular formula is C13H24N4O. The summed E-state index contributed by atoms with van der Waals surface area (Å²) in [6, 6.07) is -0.0121. The van der Waals surface area contributed by atoms with Gasteiger partial charge in [-0.25, -0.2) is 4.98 Å². The molecule has 102 valence electrons. The quantitative estimate of drug-likeness (QED) is 0.832. The number of hydrogen-bond donors (Lipinski definition) is 1. The molecule has 18 heavy (non-hydrogen) atoms. The second-order valence-electron chi connectivity index (χ2n) is 5.29. The molecule has 1 aromatic heterocycles. The van der Waals surface area contributed by atoms with E-state index in [-0.39, 0.29) is 11.9 Å². The first-order valence-electron chi connectivity index (χ1n) is 6.37. The van der Waals surface area contributed by atoms with Crippen molar-refractivity contribution in [2.75, 3.05) is 14.1 Å². The molecule has 0 fully saturated rings. The average molecular weight is 252 g/mol. The maximum absolute atomic E-state index is 11.6. The molecule has 0 radical (unpaired) electrons. The smallest absolute Gasteiger partial charge is 0.223 e. The Morgan fingerprint density at radius 1 is 1.50 bits per heavy atom. The SMILES string of the molecule is CC(C)CC(N)c1cncn1CCC(=O)N(C)C. The number of imidazole rings is 1. The Labute approximate surface area is 109 Å². The molecule has 0 aliphatic carbocycles. The van der Waals surface area contributed by atoms with E-state index >= 15 is 0 Å². The van der Waals surface area contributed by atoms with Gasteiger partial charge in [-0.3, -0.25) is 4.79 Å². The number of rotatable bonds is 6. The molecule has 5 heteroatoms. The van der Waals surface area contributed by atoms with Crippen LogP contribution in [0.25, 0.3) is 0 Å². The van der Waals surface area contributed by atoms with Gasteiger partial charge in [0.05, 0.1) is 12.0 Å². The van der Waals surface area contributed by atoms with Gasteiger partial charge in [-0.1, -0.05) is 13.8 Å². The van der Waals surface area contributed by atoms with Crippen LogP contribution in [0, 0.1) is 5.92 Å². The molecule has 0 bridgehead atoms. The first kappa shape index (κ1) is 14.7. The molecule has 5 nitrogen and oxygen atoms in total. The van der Waals surface area contributed by atoms with Gasteiger partial charge in [-0.2, -0.15) is 0 Å². The molecule has 1 amide bonds. The highest BCUT2D eigenvalue weighted by Gasteiger charge is 2.14. The number of aromatic nitrogens is 2. The highest BCUT2D eigenvalue weighted by atomic mass is 16.2. The van der Waals surface area contributed by atoms with Crippen LogP contribution in [0.3, 0.4) is 0 Å². The summed E-state index contributed by atoms with van der Waals surface area (Å²) >= 11 is 0. The number of carbonyl (C=O) groups is 1. The zero-order valence-corrected chi connectivity index (χ0v) is 11.8. The molecule has 1 heterocycles. The van der Waals surface area contributed by atoms with Gasteiger partial charge < -0.3 is 15.2 Å². The van der Waals surface area contributed by atoms with Crippen LogP contribution < -0.4 is 5.73 Å². The summed E-state index contributed by atoms with van der Waals surface area (Å²) < 4.78 is 1.98. The molecule has 0 aromatic carbocycles. The highest BCUT2D eigenvalue weighted by Crippen LogP contribution is 2.18. The van der Waals surface area contributed by atoms with Gasteiger partial charge in [-0.15, -0.1) is 0 Å². The summed E-state index contributed by atoms with van der Waals surface area (Å²) in [6.07, 6.45) is 4.95. The fourth-order valence-corrected chi connectivity index (χ4v) is 1.89. The van der Waals surface area contributed by atoms with Gasteiger partial charge >= 0.3 is 0 Å². The lowest BCUT2D eigenvalue weighted by molar-refractivity contribution is -0.128. The lowest BCUT2D eigenvalue weighted by Crippen LogP contribution is -2.24. The van der Waals surface area contributed by atoms with Crippen molar-refractivity contribution in [2.24, 2.45) is 11.7 Å². The first-order valence-corrected chi connectivity index (χ1v) is 6.37. The summed E-state index contributed by atoms with van der Waals surface area (Å²) in [5, 5.41) is 0. The lowest BCUT2D eigenvalue weighted by Gasteiger charge is -2.17. The minimum absolute atomic E-state index is 0.0121. The maximum Gasteiger partial charge on any atom is 0.223 e. The summed E-state index contributed by atoms with van der Waals surface area (Å²) in [5.74, 6) is 0.666. The Balaban J connectivity index is 2.62. The van der Waals surface area contributed by atoms with E-state index in [2.05, 4.69) is 18.8 Å². The van der Waals surface area contributed by atoms with Crippen molar-refractivity contribution in [1.29, 1.82) is 0 Å². The number of amides is 1.